The smallest absolute Gasteiger partial charge is 0.305 e. The van der Waals surface area contributed by atoms with Crippen molar-refractivity contribution in [1.82, 2.24) is 19.9 Å². The number of nitrogens with zero attached hydrogens (tertiary/aromatic N) is 4. The third-order valence-corrected chi connectivity index (χ3v) is 5.90. The molecule has 194 valence electrons. The number of methoxy groups -OCH3 is 1. The lowest BCUT2D eigenvalue weighted by molar-refractivity contribution is -0.140. The fourth-order valence-corrected chi connectivity index (χ4v) is 3.96. The number of benzene rings is 1. The molecular formula is C27H27N7O4. The van der Waals surface area contributed by atoms with Crippen LogP contribution in [-0.4, -0.2) is 53.7 Å². The Morgan fingerprint density at radius 3 is 2.68 bits per heavy atom. The lowest BCUT2D eigenvalue weighted by Crippen LogP contribution is -2.05. The molecule has 11 nitrogen and oxygen atoms in total. The van der Waals surface area contributed by atoms with E-state index in [0.29, 0.717) is 47.8 Å². The summed E-state index contributed by atoms with van der Waals surface area (Å²) in [6.07, 6.45) is 4.31. The largest absolute Gasteiger partial charge is 0.478 e. The molecule has 0 aliphatic heterocycles. The van der Waals surface area contributed by atoms with E-state index < -0.39 is 0 Å². The molecule has 0 aliphatic carbocycles. The predicted octanol–water partition coefficient (Wildman–Crippen LogP) is 4.99. The Morgan fingerprint density at radius 2 is 1.87 bits per heavy atom. The molecule has 5 aromatic rings. The summed E-state index contributed by atoms with van der Waals surface area (Å²) in [6, 6.07) is 13.1. The molecular weight excluding hydrogens is 486 g/mol. The molecule has 0 fully saturated rings. The van der Waals surface area contributed by atoms with Crippen molar-refractivity contribution in [3.8, 4) is 17.3 Å². The molecule has 38 heavy (non-hydrogen) atoms. The predicted molar refractivity (Wildman–Crippen MR) is 146 cm³/mol. The van der Waals surface area contributed by atoms with Crippen LogP contribution in [0.3, 0.4) is 0 Å². The fraction of sp³-hybridized carbons (Fsp3) is 0.222. The Balaban J connectivity index is 1.43. The van der Waals surface area contributed by atoms with Gasteiger partial charge >= 0.3 is 5.97 Å². The van der Waals surface area contributed by atoms with Gasteiger partial charge in [0, 0.05) is 55.4 Å². The third kappa shape index (κ3) is 5.26. The van der Waals surface area contributed by atoms with E-state index in [1.165, 1.54) is 7.11 Å². The first-order valence-electron chi connectivity index (χ1n) is 12.1. The highest BCUT2D eigenvalue weighted by molar-refractivity contribution is 6.01. The highest BCUT2D eigenvalue weighted by Crippen LogP contribution is 2.34. The van der Waals surface area contributed by atoms with Gasteiger partial charge in [0.25, 0.3) is 0 Å². The molecule has 0 saturated carbocycles. The van der Waals surface area contributed by atoms with E-state index in [0.717, 1.165) is 27.5 Å². The van der Waals surface area contributed by atoms with Crippen LogP contribution in [0.2, 0.25) is 0 Å². The maximum absolute atomic E-state index is 11.3. The molecule has 0 atom stereocenters. The second-order valence-electron chi connectivity index (χ2n) is 8.35. The number of oxazole rings is 1. The zero-order chi connectivity index (χ0) is 26.5. The second kappa shape index (κ2) is 11.0. The molecule has 0 aliphatic rings. The summed E-state index contributed by atoms with van der Waals surface area (Å²) in [5.41, 5.74) is 3.12. The normalized spacial score (nSPS) is 10.9. The van der Waals surface area contributed by atoms with Crippen LogP contribution in [-0.2, 0) is 9.53 Å². The van der Waals surface area contributed by atoms with Gasteiger partial charge in [0.2, 0.25) is 11.8 Å². The summed E-state index contributed by atoms with van der Waals surface area (Å²) in [6.45, 7) is 0.350. The molecule has 4 aromatic heterocycles. The van der Waals surface area contributed by atoms with Gasteiger partial charge in [-0.25, -0.2) is 15.0 Å². The van der Waals surface area contributed by atoms with Crippen LogP contribution in [0.15, 0.2) is 59.3 Å². The molecule has 5 rings (SSSR count). The van der Waals surface area contributed by atoms with Gasteiger partial charge in [0.1, 0.15) is 23.0 Å². The number of nitrogens with one attached hydrogen (secondary N) is 3. The first kappa shape index (κ1) is 24.8. The molecule has 0 bridgehead atoms. The molecule has 0 saturated heterocycles. The van der Waals surface area contributed by atoms with Crippen molar-refractivity contribution >= 4 is 51.0 Å². The number of carbonyl (C=O) groups excluding carboxylic acids is 1. The fourth-order valence-electron chi connectivity index (χ4n) is 3.96. The number of hydrogen-bond acceptors (Lipinski definition) is 11. The highest BCUT2D eigenvalue weighted by Gasteiger charge is 2.16. The number of pyridine rings is 3. The van der Waals surface area contributed by atoms with Crippen molar-refractivity contribution in [3.63, 3.8) is 0 Å². The van der Waals surface area contributed by atoms with Gasteiger partial charge in [-0.1, -0.05) is 6.07 Å². The quantitative estimate of drug-likeness (QED) is 0.172. The number of rotatable bonds is 10. The molecule has 0 amide bonds. The Hall–Kier alpha value is -4.93. The molecule has 0 radical (unpaired) electrons. The van der Waals surface area contributed by atoms with Gasteiger partial charge in [0.15, 0.2) is 5.58 Å². The maximum Gasteiger partial charge on any atom is 0.305 e. The van der Waals surface area contributed by atoms with Gasteiger partial charge in [-0.3, -0.25) is 4.79 Å². The van der Waals surface area contributed by atoms with Crippen LogP contribution >= 0.6 is 0 Å². The molecule has 11 heteroatoms. The van der Waals surface area contributed by atoms with E-state index in [4.69, 9.17) is 14.1 Å². The van der Waals surface area contributed by atoms with E-state index in [9.17, 15) is 4.79 Å². The van der Waals surface area contributed by atoms with Crippen molar-refractivity contribution in [2.24, 2.45) is 0 Å². The van der Waals surface area contributed by atoms with Gasteiger partial charge < -0.3 is 29.8 Å². The third-order valence-electron chi connectivity index (χ3n) is 5.90. The Bertz CT molecular complexity index is 1600. The number of aromatic nitrogens is 4. The van der Waals surface area contributed by atoms with Crippen molar-refractivity contribution in [2.75, 3.05) is 43.8 Å². The highest BCUT2D eigenvalue weighted by atomic mass is 16.5. The summed E-state index contributed by atoms with van der Waals surface area (Å²) < 4.78 is 16.4. The SMILES string of the molecule is CNc1ccc2oc(-c3cnc(NC)c4cnc(Nc5cccc(OCCCC(=O)OC)n5)cc34)nc2c1. The summed E-state index contributed by atoms with van der Waals surface area (Å²) in [5.74, 6) is 2.47. The Kier molecular flexibility index (Phi) is 7.16. The molecule has 4 heterocycles. The monoisotopic (exact) mass is 513 g/mol. The molecule has 1 aromatic carbocycles. The zero-order valence-electron chi connectivity index (χ0n) is 21.2. The van der Waals surface area contributed by atoms with Crippen LogP contribution in [0.1, 0.15) is 12.8 Å². The van der Waals surface area contributed by atoms with Crippen LogP contribution in [0.5, 0.6) is 5.88 Å². The lowest BCUT2D eigenvalue weighted by atomic mass is 10.1. The number of ether oxygens (including phenoxy) is 2. The minimum absolute atomic E-state index is 0.268. The second-order valence-corrected chi connectivity index (χ2v) is 8.35. The lowest BCUT2D eigenvalue weighted by Gasteiger charge is -2.11. The van der Waals surface area contributed by atoms with Gasteiger partial charge in [-0.15, -0.1) is 0 Å². The van der Waals surface area contributed by atoms with Crippen LogP contribution in [0.4, 0.5) is 23.1 Å². The van der Waals surface area contributed by atoms with Crippen molar-refractivity contribution in [3.05, 3.63) is 54.9 Å². The number of hydrogen-bond donors (Lipinski definition) is 3. The van der Waals surface area contributed by atoms with Gasteiger partial charge in [-0.05, 0) is 36.8 Å². The van der Waals surface area contributed by atoms with E-state index in [1.54, 1.807) is 18.5 Å². The molecule has 3 N–H and O–H groups in total. The summed E-state index contributed by atoms with van der Waals surface area (Å²) >= 11 is 0. The number of esters is 1. The van der Waals surface area contributed by atoms with E-state index in [1.807, 2.05) is 50.5 Å². The number of fused-ring (bicyclic) bond motifs is 2. The van der Waals surface area contributed by atoms with E-state index in [-0.39, 0.29) is 12.4 Å². The zero-order valence-corrected chi connectivity index (χ0v) is 21.2. The van der Waals surface area contributed by atoms with Gasteiger partial charge in [0.05, 0.1) is 19.3 Å². The van der Waals surface area contributed by atoms with Crippen LogP contribution in [0.25, 0.3) is 33.3 Å². The minimum Gasteiger partial charge on any atom is -0.478 e. The Morgan fingerprint density at radius 1 is 0.974 bits per heavy atom. The van der Waals surface area contributed by atoms with Crippen molar-refractivity contribution in [1.29, 1.82) is 0 Å². The number of anilines is 4. The Labute approximate surface area is 218 Å². The number of carbonyl (C=O) groups is 1. The van der Waals surface area contributed by atoms with Gasteiger partial charge in [-0.2, -0.15) is 4.98 Å². The first-order chi connectivity index (χ1) is 18.6. The molecule has 0 unspecified atom stereocenters. The van der Waals surface area contributed by atoms with Crippen LogP contribution < -0.4 is 20.7 Å². The van der Waals surface area contributed by atoms with E-state index in [2.05, 4.69) is 35.6 Å². The topological polar surface area (TPSA) is 136 Å². The maximum atomic E-state index is 11.3. The van der Waals surface area contributed by atoms with Crippen LogP contribution in [0, 0.1) is 0 Å². The summed E-state index contributed by atoms with van der Waals surface area (Å²) in [4.78, 5) is 29.6. The minimum atomic E-state index is -0.268. The summed E-state index contributed by atoms with van der Waals surface area (Å²) in [7, 11) is 5.04. The average Bonchev–Trinajstić information content (AvgIpc) is 3.37. The van der Waals surface area contributed by atoms with Crippen molar-refractivity contribution in [2.45, 2.75) is 12.8 Å². The average molecular weight is 514 g/mol. The van der Waals surface area contributed by atoms with Crippen molar-refractivity contribution < 1.29 is 18.7 Å². The molecule has 0 spiro atoms. The first-order valence-corrected chi connectivity index (χ1v) is 12.1. The standard InChI is InChI=1S/C27H27N7O4/c1-28-16-9-10-21-20(12-16)32-27(38-21)19-15-31-26(29-2)18-14-30-23(13-17(18)19)33-22-6-4-7-24(34-22)37-11-5-8-25(35)36-3/h4,6-7,9-10,12-15,28H,5,8,11H2,1-3H3,(H,29,31)(H,30,33,34). The summed E-state index contributed by atoms with van der Waals surface area (Å²) in [5, 5.41) is 11.1. The van der Waals surface area contributed by atoms with E-state index >= 15 is 0 Å².